The molecule has 0 bridgehead atoms. The monoisotopic (exact) mass is 273 g/mol. The van der Waals surface area contributed by atoms with Gasteiger partial charge in [0.25, 0.3) is 0 Å². The van der Waals surface area contributed by atoms with Crippen LogP contribution in [0.15, 0.2) is 24.3 Å². The van der Waals surface area contributed by atoms with Gasteiger partial charge < -0.3 is 0 Å². The molecule has 0 spiro atoms. The number of halogens is 1. The lowest BCUT2D eigenvalue weighted by molar-refractivity contribution is 0.0222. The highest BCUT2D eigenvalue weighted by atomic mass is 32.2. The van der Waals surface area contributed by atoms with Crippen LogP contribution in [0.1, 0.15) is 31.2 Å². The van der Waals surface area contributed by atoms with Gasteiger partial charge in [-0.05, 0) is 30.5 Å². The van der Waals surface area contributed by atoms with Crippen molar-refractivity contribution in [3.63, 3.8) is 0 Å². The maximum atomic E-state index is 12.7. The first kappa shape index (κ1) is 13.5. The van der Waals surface area contributed by atoms with E-state index >= 15 is 0 Å². The van der Waals surface area contributed by atoms with Crippen LogP contribution in [0.5, 0.6) is 0 Å². The zero-order chi connectivity index (χ0) is 13.0. The third-order valence-electron chi connectivity index (χ3n) is 2.91. The molecule has 4 nitrogen and oxygen atoms in total. The Labute approximate surface area is 106 Å². The van der Waals surface area contributed by atoms with Gasteiger partial charge in [0.2, 0.25) is 10.0 Å². The highest BCUT2D eigenvalue weighted by Crippen LogP contribution is 2.20. The molecule has 1 fully saturated rings. The molecule has 100 valence electrons. The number of hydrogen-bond donors (Lipinski definition) is 1. The topological polar surface area (TPSA) is 55.4 Å². The van der Waals surface area contributed by atoms with E-state index in [0.29, 0.717) is 5.56 Å². The van der Waals surface area contributed by atoms with Crippen LogP contribution in [0.25, 0.3) is 0 Å². The molecule has 0 amide bonds. The zero-order valence-corrected chi connectivity index (χ0v) is 10.7. The first-order valence-electron chi connectivity index (χ1n) is 5.95. The fraction of sp³-hybridized carbons (Fsp3) is 0.500. The Kier molecular flexibility index (Phi) is 4.31. The highest BCUT2D eigenvalue weighted by Gasteiger charge is 2.19. The van der Waals surface area contributed by atoms with Gasteiger partial charge in [-0.1, -0.05) is 29.9 Å². The molecule has 0 atom stereocenters. The average Bonchev–Trinajstić information content (AvgIpc) is 2.83. The summed E-state index contributed by atoms with van der Waals surface area (Å²) < 4.78 is 36.1. The van der Waals surface area contributed by atoms with Gasteiger partial charge in [0.15, 0.2) is 0 Å². The summed E-state index contributed by atoms with van der Waals surface area (Å²) in [5.41, 5.74) is 0.527. The largest absolute Gasteiger partial charge is 0.284 e. The molecule has 0 unspecified atom stereocenters. The van der Waals surface area contributed by atoms with Crippen LogP contribution in [0.2, 0.25) is 0 Å². The summed E-state index contributed by atoms with van der Waals surface area (Å²) in [5, 5.41) is 0. The molecule has 18 heavy (non-hydrogen) atoms. The number of nitrogens with one attached hydrogen (secondary N) is 1. The summed E-state index contributed by atoms with van der Waals surface area (Å²) in [6, 6.07) is 5.37. The smallest absolute Gasteiger partial charge is 0.237 e. The Morgan fingerprint density at radius 1 is 1.22 bits per heavy atom. The van der Waals surface area contributed by atoms with Crippen LogP contribution in [0, 0.1) is 5.82 Å². The molecule has 0 heterocycles. The fourth-order valence-corrected chi connectivity index (χ4v) is 2.95. The van der Waals surface area contributed by atoms with Crippen LogP contribution >= 0.6 is 0 Å². The second-order valence-corrected chi connectivity index (χ2v) is 6.18. The molecule has 0 saturated heterocycles. The lowest BCUT2D eigenvalue weighted by Gasteiger charge is -2.11. The third kappa shape index (κ3) is 4.04. The molecule has 0 aliphatic heterocycles. The number of sulfonamides is 1. The van der Waals surface area contributed by atoms with Crippen molar-refractivity contribution in [2.45, 2.75) is 37.5 Å². The van der Waals surface area contributed by atoms with Crippen LogP contribution in [0.3, 0.4) is 0 Å². The van der Waals surface area contributed by atoms with E-state index in [4.69, 9.17) is 4.84 Å². The van der Waals surface area contributed by atoms with E-state index in [1.54, 1.807) is 0 Å². The molecule has 0 aromatic heterocycles. The average molecular weight is 273 g/mol. The number of benzene rings is 1. The van der Waals surface area contributed by atoms with Gasteiger partial charge in [-0.2, -0.15) is 0 Å². The molecule has 1 saturated carbocycles. The maximum Gasteiger partial charge on any atom is 0.237 e. The molecule has 0 radical (unpaired) electrons. The molecule has 1 aromatic carbocycles. The van der Waals surface area contributed by atoms with E-state index in [-0.39, 0.29) is 17.7 Å². The predicted octanol–water partition coefficient (Wildman–Crippen LogP) is 2.12. The maximum absolute atomic E-state index is 12.7. The summed E-state index contributed by atoms with van der Waals surface area (Å²) in [6.45, 7) is 0. The van der Waals surface area contributed by atoms with E-state index in [1.165, 1.54) is 24.3 Å². The van der Waals surface area contributed by atoms with Crippen LogP contribution < -0.4 is 4.89 Å². The van der Waals surface area contributed by atoms with Crippen molar-refractivity contribution in [2.24, 2.45) is 0 Å². The third-order valence-corrected chi connectivity index (χ3v) is 3.98. The predicted molar refractivity (Wildman–Crippen MR) is 65.5 cm³/mol. The zero-order valence-electron chi connectivity index (χ0n) is 9.93. The number of hydrogen-bond acceptors (Lipinski definition) is 3. The Hall–Kier alpha value is -0.980. The Bertz CT molecular complexity index is 481. The molecule has 1 aromatic rings. The van der Waals surface area contributed by atoms with Crippen LogP contribution in [0.4, 0.5) is 4.39 Å². The van der Waals surface area contributed by atoms with Gasteiger partial charge in [0.05, 0.1) is 11.9 Å². The van der Waals surface area contributed by atoms with E-state index in [9.17, 15) is 12.8 Å². The van der Waals surface area contributed by atoms with Crippen molar-refractivity contribution in [3.05, 3.63) is 35.6 Å². The minimum absolute atomic E-state index is 0.0204. The summed E-state index contributed by atoms with van der Waals surface area (Å²) >= 11 is 0. The second kappa shape index (κ2) is 5.77. The fourth-order valence-electron chi connectivity index (χ4n) is 1.98. The molecule has 6 heteroatoms. The normalized spacial score (nSPS) is 17.2. The van der Waals surface area contributed by atoms with Gasteiger partial charge in [-0.25, -0.2) is 12.8 Å². The van der Waals surface area contributed by atoms with Crippen molar-refractivity contribution in [1.82, 2.24) is 4.89 Å². The van der Waals surface area contributed by atoms with Crippen molar-refractivity contribution in [3.8, 4) is 0 Å². The summed E-state index contributed by atoms with van der Waals surface area (Å²) in [6.07, 6.45) is 3.90. The molecule has 2 rings (SSSR count). The van der Waals surface area contributed by atoms with E-state index in [0.717, 1.165) is 25.7 Å². The van der Waals surface area contributed by atoms with Gasteiger partial charge >= 0.3 is 0 Å². The quantitative estimate of drug-likeness (QED) is 0.836. The first-order chi connectivity index (χ1) is 8.55. The molecule has 1 aliphatic carbocycles. The van der Waals surface area contributed by atoms with Crippen LogP contribution in [-0.2, 0) is 20.6 Å². The van der Waals surface area contributed by atoms with Crippen molar-refractivity contribution < 1.29 is 17.6 Å². The van der Waals surface area contributed by atoms with Gasteiger partial charge in [-0.3, -0.25) is 4.84 Å². The summed E-state index contributed by atoms with van der Waals surface area (Å²) in [4.78, 5) is 7.29. The Morgan fingerprint density at radius 2 is 1.83 bits per heavy atom. The SMILES string of the molecule is O=S(=O)(Cc1ccc(F)cc1)NOC1CCCC1. The Balaban J connectivity index is 1.88. The lowest BCUT2D eigenvalue weighted by Crippen LogP contribution is -2.29. The lowest BCUT2D eigenvalue weighted by atomic mass is 10.2. The van der Waals surface area contributed by atoms with E-state index < -0.39 is 10.0 Å². The Morgan fingerprint density at radius 3 is 2.44 bits per heavy atom. The minimum atomic E-state index is -3.53. The van der Waals surface area contributed by atoms with Gasteiger partial charge in [0.1, 0.15) is 5.82 Å². The van der Waals surface area contributed by atoms with Crippen LogP contribution in [-0.4, -0.2) is 14.5 Å². The minimum Gasteiger partial charge on any atom is -0.284 e. The van der Waals surface area contributed by atoms with Crippen molar-refractivity contribution >= 4 is 10.0 Å². The highest BCUT2D eigenvalue weighted by molar-refractivity contribution is 7.88. The molecule has 1 aliphatic rings. The van der Waals surface area contributed by atoms with Gasteiger partial charge in [-0.15, -0.1) is 0 Å². The van der Waals surface area contributed by atoms with Crippen molar-refractivity contribution in [1.29, 1.82) is 0 Å². The molecular formula is C12H16FNO3S. The van der Waals surface area contributed by atoms with E-state index in [1.807, 2.05) is 0 Å². The number of rotatable bonds is 5. The molecule has 1 N–H and O–H groups in total. The summed E-state index contributed by atoms with van der Waals surface area (Å²) in [7, 11) is -3.53. The molecular weight excluding hydrogens is 257 g/mol. The second-order valence-electron chi connectivity index (χ2n) is 4.49. The van der Waals surface area contributed by atoms with Crippen molar-refractivity contribution in [2.75, 3.05) is 0 Å². The summed E-state index contributed by atoms with van der Waals surface area (Å²) in [5.74, 6) is -0.591. The standard InChI is InChI=1S/C12H16FNO3S/c13-11-7-5-10(6-8-11)9-18(15,16)14-17-12-3-1-2-4-12/h5-8,12,14H,1-4,9H2. The van der Waals surface area contributed by atoms with E-state index in [2.05, 4.69) is 4.89 Å². The first-order valence-corrected chi connectivity index (χ1v) is 7.60. The van der Waals surface area contributed by atoms with Gasteiger partial charge in [0, 0.05) is 0 Å².